The van der Waals surface area contributed by atoms with Crippen LogP contribution in [-0.2, 0) is 7.05 Å². The average molecular weight is 427 g/mol. The third-order valence-electron chi connectivity index (χ3n) is 3.53. The first-order valence-corrected chi connectivity index (χ1v) is 8.12. The second-order valence-electron chi connectivity index (χ2n) is 4.85. The van der Waals surface area contributed by atoms with Gasteiger partial charge in [-0.1, -0.05) is 18.2 Å². The molecule has 0 spiro atoms. The van der Waals surface area contributed by atoms with Crippen molar-refractivity contribution in [3.63, 3.8) is 0 Å². The molecule has 3 aromatic rings. The first kappa shape index (κ1) is 15.3. The van der Waals surface area contributed by atoms with Crippen LogP contribution < -0.4 is 10.3 Å². The Kier molecular flexibility index (Phi) is 3.86. The molecule has 0 fully saturated rings. The molecule has 0 N–H and O–H groups in total. The molecule has 0 atom stereocenters. The first-order chi connectivity index (χ1) is 10.5. The van der Waals surface area contributed by atoms with Crippen LogP contribution in [0.1, 0.15) is 5.69 Å². The Morgan fingerprint density at radius 1 is 1.23 bits per heavy atom. The molecule has 3 rings (SSSR count). The highest BCUT2D eigenvalue weighted by molar-refractivity contribution is 9.13. The van der Waals surface area contributed by atoms with Crippen molar-refractivity contribution in [2.24, 2.45) is 7.05 Å². The van der Waals surface area contributed by atoms with E-state index in [1.54, 1.807) is 14.2 Å². The molecule has 2 aromatic heterocycles. The summed E-state index contributed by atoms with van der Waals surface area (Å²) in [6.07, 6.45) is 0. The van der Waals surface area contributed by atoms with Gasteiger partial charge < -0.3 is 4.74 Å². The average Bonchev–Trinajstić information content (AvgIpc) is 2.75. The van der Waals surface area contributed by atoms with Gasteiger partial charge in [0.1, 0.15) is 10.3 Å². The number of hydrogen-bond acceptors (Lipinski definition) is 3. The predicted octanol–water partition coefficient (Wildman–Crippen LogP) is 3.57. The van der Waals surface area contributed by atoms with Gasteiger partial charge in [0.05, 0.1) is 17.1 Å². The molecule has 0 aliphatic carbocycles. The fourth-order valence-corrected chi connectivity index (χ4v) is 3.66. The van der Waals surface area contributed by atoms with Crippen LogP contribution in [0.3, 0.4) is 0 Å². The number of halogens is 2. The number of para-hydroxylation sites is 1. The summed E-state index contributed by atoms with van der Waals surface area (Å²) in [6, 6.07) is 7.84. The molecule has 7 heteroatoms. The number of ether oxygens (including phenoxy) is 1. The van der Waals surface area contributed by atoms with Crippen molar-refractivity contribution in [3.05, 3.63) is 49.4 Å². The lowest BCUT2D eigenvalue weighted by Gasteiger charge is -2.14. The van der Waals surface area contributed by atoms with E-state index in [9.17, 15) is 4.79 Å². The van der Waals surface area contributed by atoms with Crippen LogP contribution in [0.2, 0.25) is 0 Å². The number of nitrogens with zero attached hydrogens (tertiary/aromatic N) is 3. The van der Waals surface area contributed by atoms with E-state index in [0.717, 1.165) is 20.0 Å². The standard InChI is InChI=1S/C15H13Br2N3O2/c1-8-13(22-3)12(15(21)19(2)18-8)20-10-7-5-4-6-9(10)11(16)14(20)17/h4-7H,1-3H3. The van der Waals surface area contributed by atoms with Crippen molar-refractivity contribution in [2.45, 2.75) is 6.92 Å². The molecule has 2 heterocycles. The largest absolute Gasteiger partial charge is 0.492 e. The molecular formula is C15H13Br2N3O2. The van der Waals surface area contributed by atoms with Gasteiger partial charge in [0.25, 0.3) is 5.56 Å². The Hall–Kier alpha value is -1.60. The zero-order valence-electron chi connectivity index (χ0n) is 12.2. The van der Waals surface area contributed by atoms with Crippen LogP contribution in [0.25, 0.3) is 16.6 Å². The quantitative estimate of drug-likeness (QED) is 0.629. The number of aryl methyl sites for hydroxylation is 2. The minimum atomic E-state index is -0.226. The van der Waals surface area contributed by atoms with Gasteiger partial charge in [-0.05, 0) is 44.8 Å². The first-order valence-electron chi connectivity index (χ1n) is 6.54. The van der Waals surface area contributed by atoms with Crippen LogP contribution in [0.5, 0.6) is 5.75 Å². The van der Waals surface area contributed by atoms with Crippen molar-refractivity contribution >= 4 is 42.8 Å². The number of hydrogen-bond donors (Lipinski definition) is 0. The molecule has 0 aliphatic heterocycles. The van der Waals surface area contributed by atoms with Gasteiger partial charge in [-0.15, -0.1) is 0 Å². The summed E-state index contributed by atoms with van der Waals surface area (Å²) in [4.78, 5) is 12.7. The molecule has 0 saturated carbocycles. The highest BCUT2D eigenvalue weighted by atomic mass is 79.9. The normalized spacial score (nSPS) is 11.1. The Balaban J connectivity index is 2.53. The third kappa shape index (κ3) is 2.11. The molecule has 22 heavy (non-hydrogen) atoms. The smallest absolute Gasteiger partial charge is 0.294 e. The highest BCUT2D eigenvalue weighted by Gasteiger charge is 2.22. The van der Waals surface area contributed by atoms with Gasteiger partial charge in [-0.2, -0.15) is 5.10 Å². The number of rotatable bonds is 2. The molecule has 0 amide bonds. The van der Waals surface area contributed by atoms with Gasteiger partial charge in [0.2, 0.25) is 0 Å². The number of fused-ring (bicyclic) bond motifs is 1. The fraction of sp³-hybridized carbons (Fsp3) is 0.200. The Bertz CT molecular complexity index is 944. The maximum Gasteiger partial charge on any atom is 0.294 e. The maximum atomic E-state index is 12.7. The van der Waals surface area contributed by atoms with E-state index in [-0.39, 0.29) is 5.56 Å². The van der Waals surface area contributed by atoms with Crippen LogP contribution in [0.4, 0.5) is 0 Å². The van der Waals surface area contributed by atoms with E-state index in [0.29, 0.717) is 17.1 Å². The van der Waals surface area contributed by atoms with E-state index in [2.05, 4.69) is 37.0 Å². The van der Waals surface area contributed by atoms with Gasteiger partial charge >= 0.3 is 0 Å². The zero-order chi connectivity index (χ0) is 16.0. The Morgan fingerprint density at radius 2 is 1.91 bits per heavy atom. The molecule has 0 unspecified atom stereocenters. The molecule has 114 valence electrons. The van der Waals surface area contributed by atoms with Crippen LogP contribution in [0.15, 0.2) is 38.1 Å². The molecule has 0 bridgehead atoms. The summed E-state index contributed by atoms with van der Waals surface area (Å²) < 4.78 is 10.3. The zero-order valence-corrected chi connectivity index (χ0v) is 15.4. The highest BCUT2D eigenvalue weighted by Crippen LogP contribution is 2.38. The molecule has 5 nitrogen and oxygen atoms in total. The van der Waals surface area contributed by atoms with Crippen LogP contribution >= 0.6 is 31.9 Å². The van der Waals surface area contributed by atoms with Gasteiger partial charge in [0.15, 0.2) is 11.4 Å². The van der Waals surface area contributed by atoms with Crippen molar-refractivity contribution in [3.8, 4) is 11.4 Å². The molecule has 1 aromatic carbocycles. The van der Waals surface area contributed by atoms with Crippen LogP contribution in [0, 0.1) is 6.92 Å². The van der Waals surface area contributed by atoms with Crippen molar-refractivity contribution in [2.75, 3.05) is 7.11 Å². The summed E-state index contributed by atoms with van der Waals surface area (Å²) in [5.74, 6) is 0.469. The summed E-state index contributed by atoms with van der Waals surface area (Å²) in [6.45, 7) is 1.82. The van der Waals surface area contributed by atoms with Crippen LogP contribution in [-0.4, -0.2) is 21.5 Å². The molecule has 0 aliphatic rings. The van der Waals surface area contributed by atoms with E-state index >= 15 is 0 Å². The summed E-state index contributed by atoms with van der Waals surface area (Å²) in [5.41, 5.74) is 1.77. The lowest BCUT2D eigenvalue weighted by atomic mass is 10.2. The lowest BCUT2D eigenvalue weighted by Crippen LogP contribution is -2.26. The maximum absolute atomic E-state index is 12.7. The van der Waals surface area contributed by atoms with Gasteiger partial charge in [-0.25, -0.2) is 4.68 Å². The number of aromatic nitrogens is 3. The van der Waals surface area contributed by atoms with E-state index < -0.39 is 0 Å². The van der Waals surface area contributed by atoms with Gasteiger partial charge in [-0.3, -0.25) is 9.36 Å². The van der Waals surface area contributed by atoms with Gasteiger partial charge in [0, 0.05) is 12.4 Å². The summed E-state index contributed by atoms with van der Waals surface area (Å²) in [5, 5.41) is 5.19. The fourth-order valence-electron chi connectivity index (χ4n) is 2.57. The third-order valence-corrected chi connectivity index (χ3v) is 5.61. The minimum Gasteiger partial charge on any atom is -0.492 e. The Morgan fingerprint density at radius 3 is 2.59 bits per heavy atom. The number of methoxy groups -OCH3 is 1. The van der Waals surface area contributed by atoms with Crippen molar-refractivity contribution < 1.29 is 4.74 Å². The molecule has 0 saturated heterocycles. The minimum absolute atomic E-state index is 0.226. The SMILES string of the molecule is COc1c(C)nn(C)c(=O)c1-n1c(Br)c(Br)c2ccccc21. The second-order valence-corrected chi connectivity index (χ2v) is 6.40. The van der Waals surface area contributed by atoms with Crippen molar-refractivity contribution in [1.82, 2.24) is 14.3 Å². The lowest BCUT2D eigenvalue weighted by molar-refractivity contribution is 0.401. The Labute approximate surface area is 143 Å². The summed E-state index contributed by atoms with van der Waals surface area (Å²) in [7, 11) is 3.18. The topological polar surface area (TPSA) is 49.1 Å². The monoisotopic (exact) mass is 425 g/mol. The molecular weight excluding hydrogens is 414 g/mol. The summed E-state index contributed by atoms with van der Waals surface area (Å²) >= 11 is 7.14. The second kappa shape index (κ2) is 5.55. The predicted molar refractivity (Wildman–Crippen MR) is 93.0 cm³/mol. The van der Waals surface area contributed by atoms with E-state index in [4.69, 9.17) is 4.74 Å². The van der Waals surface area contributed by atoms with E-state index in [1.807, 2.05) is 35.8 Å². The van der Waals surface area contributed by atoms with Crippen molar-refractivity contribution in [1.29, 1.82) is 0 Å². The van der Waals surface area contributed by atoms with E-state index in [1.165, 1.54) is 4.68 Å². The number of benzene rings is 1. The molecule has 0 radical (unpaired) electrons.